The summed E-state index contributed by atoms with van der Waals surface area (Å²) in [5, 5.41) is 3.46. The minimum absolute atomic E-state index is 0.0490. The van der Waals surface area contributed by atoms with E-state index in [1.165, 1.54) is 6.07 Å². The Kier molecular flexibility index (Phi) is 7.53. The van der Waals surface area contributed by atoms with Crippen LogP contribution in [-0.4, -0.2) is 48.5 Å². The van der Waals surface area contributed by atoms with Crippen LogP contribution in [0.2, 0.25) is 0 Å². The lowest BCUT2D eigenvalue weighted by Gasteiger charge is -2.30. The van der Waals surface area contributed by atoms with Gasteiger partial charge in [-0.25, -0.2) is 9.37 Å². The van der Waals surface area contributed by atoms with E-state index in [9.17, 15) is 9.18 Å². The Balaban J connectivity index is 1.44. The van der Waals surface area contributed by atoms with Crippen molar-refractivity contribution in [2.75, 3.05) is 26.4 Å². The minimum Gasteiger partial charge on any atom is -0.493 e. The molecular formula is C23H32FN3O4. The van der Waals surface area contributed by atoms with E-state index < -0.39 is 11.4 Å². The second-order valence-corrected chi connectivity index (χ2v) is 8.58. The van der Waals surface area contributed by atoms with E-state index >= 15 is 0 Å². The average Bonchev–Trinajstić information content (AvgIpc) is 2.77. The fourth-order valence-electron chi connectivity index (χ4n) is 4.41. The first kappa shape index (κ1) is 22.2. The van der Waals surface area contributed by atoms with Gasteiger partial charge >= 0.3 is 0 Å². The molecule has 8 heteroatoms. The number of hydrogen-bond donors (Lipinski definition) is 2. The predicted octanol–water partition coefficient (Wildman–Crippen LogP) is 3.30. The summed E-state index contributed by atoms with van der Waals surface area (Å²) in [4.78, 5) is 19.6. The van der Waals surface area contributed by atoms with Crippen LogP contribution >= 0.6 is 0 Å². The van der Waals surface area contributed by atoms with Gasteiger partial charge in [-0.15, -0.1) is 0 Å². The molecule has 1 aromatic heterocycles. The average molecular weight is 434 g/mol. The maximum atomic E-state index is 14.6. The minimum atomic E-state index is -0.624. The zero-order valence-electron chi connectivity index (χ0n) is 18.1. The monoisotopic (exact) mass is 433 g/mol. The molecule has 0 bridgehead atoms. The summed E-state index contributed by atoms with van der Waals surface area (Å²) < 4.78 is 31.8. The largest absolute Gasteiger partial charge is 0.493 e. The lowest BCUT2D eigenvalue weighted by Crippen LogP contribution is -2.41. The number of nitrogens with one attached hydrogen (secondary N) is 2. The molecule has 3 heterocycles. The van der Waals surface area contributed by atoms with Gasteiger partial charge in [-0.05, 0) is 44.6 Å². The van der Waals surface area contributed by atoms with Crippen LogP contribution in [0.3, 0.4) is 0 Å². The molecule has 2 saturated heterocycles. The Bertz CT molecular complexity index is 927. The van der Waals surface area contributed by atoms with Crippen LogP contribution in [-0.2, 0) is 16.1 Å². The Morgan fingerprint density at radius 3 is 2.90 bits per heavy atom. The van der Waals surface area contributed by atoms with Crippen LogP contribution in [0, 0.1) is 11.7 Å². The van der Waals surface area contributed by atoms with Gasteiger partial charge in [-0.2, -0.15) is 0 Å². The molecule has 2 aliphatic rings. The topological polar surface area (TPSA) is 85.5 Å². The molecule has 2 aromatic rings. The lowest BCUT2D eigenvalue weighted by molar-refractivity contribution is 0.00687. The van der Waals surface area contributed by atoms with E-state index in [2.05, 4.69) is 22.2 Å². The fourth-order valence-corrected chi connectivity index (χ4v) is 4.41. The van der Waals surface area contributed by atoms with Gasteiger partial charge in [0.1, 0.15) is 29.4 Å². The fraction of sp³-hybridized carbons (Fsp3) is 0.652. The van der Waals surface area contributed by atoms with Crippen molar-refractivity contribution in [2.24, 2.45) is 5.92 Å². The molecule has 0 spiro atoms. The molecular weight excluding hydrogens is 401 g/mol. The molecule has 0 aliphatic carbocycles. The van der Waals surface area contributed by atoms with E-state index in [1.54, 1.807) is 6.07 Å². The molecule has 2 aliphatic heterocycles. The van der Waals surface area contributed by atoms with Gasteiger partial charge in [0.15, 0.2) is 0 Å². The number of rotatable bonds is 8. The highest BCUT2D eigenvalue weighted by atomic mass is 19.1. The van der Waals surface area contributed by atoms with Gasteiger partial charge < -0.3 is 24.5 Å². The zero-order chi connectivity index (χ0) is 21.6. The normalized spacial score (nSPS) is 22.6. The number of aromatic nitrogens is 2. The summed E-state index contributed by atoms with van der Waals surface area (Å²) in [6.45, 7) is 5.27. The number of piperidine rings is 1. The highest BCUT2D eigenvalue weighted by Gasteiger charge is 2.22. The van der Waals surface area contributed by atoms with E-state index in [0.717, 1.165) is 58.3 Å². The molecule has 31 heavy (non-hydrogen) atoms. The zero-order valence-corrected chi connectivity index (χ0v) is 18.1. The summed E-state index contributed by atoms with van der Waals surface area (Å²) in [7, 11) is 0. The Morgan fingerprint density at radius 1 is 1.26 bits per heavy atom. The maximum absolute atomic E-state index is 14.6. The molecule has 0 saturated carbocycles. The summed E-state index contributed by atoms with van der Waals surface area (Å²) >= 11 is 0. The third kappa shape index (κ3) is 5.81. The van der Waals surface area contributed by atoms with Crippen LogP contribution in [0.4, 0.5) is 4.39 Å². The van der Waals surface area contributed by atoms with Crippen LogP contribution < -0.4 is 15.6 Å². The highest BCUT2D eigenvalue weighted by Crippen LogP contribution is 2.23. The number of H-pyrrole nitrogens is 1. The van der Waals surface area contributed by atoms with E-state index in [4.69, 9.17) is 14.2 Å². The molecule has 0 radical (unpaired) electrons. The van der Waals surface area contributed by atoms with Gasteiger partial charge in [-0.1, -0.05) is 13.3 Å². The number of benzene rings is 1. The number of ether oxygens (including phenoxy) is 3. The van der Waals surface area contributed by atoms with E-state index in [-0.39, 0.29) is 18.1 Å². The number of aromatic amines is 1. The lowest BCUT2D eigenvalue weighted by atomic mass is 9.98. The van der Waals surface area contributed by atoms with Crippen molar-refractivity contribution in [3.05, 3.63) is 34.1 Å². The van der Waals surface area contributed by atoms with Crippen LogP contribution in [0.25, 0.3) is 10.9 Å². The summed E-state index contributed by atoms with van der Waals surface area (Å²) in [5.74, 6) is 0.567. The van der Waals surface area contributed by atoms with Crippen molar-refractivity contribution < 1.29 is 18.6 Å². The van der Waals surface area contributed by atoms with Crippen molar-refractivity contribution in [3.8, 4) is 5.75 Å². The van der Waals surface area contributed by atoms with Gasteiger partial charge in [0.25, 0.3) is 5.56 Å². The van der Waals surface area contributed by atoms with E-state index in [1.807, 2.05) is 0 Å². The van der Waals surface area contributed by atoms with Crippen molar-refractivity contribution in [1.82, 2.24) is 15.3 Å². The molecule has 2 unspecified atom stereocenters. The van der Waals surface area contributed by atoms with Crippen molar-refractivity contribution >= 4 is 10.9 Å². The Hall–Kier alpha value is -2.03. The second-order valence-electron chi connectivity index (χ2n) is 8.58. The van der Waals surface area contributed by atoms with E-state index in [0.29, 0.717) is 35.7 Å². The van der Waals surface area contributed by atoms with Gasteiger partial charge in [-0.3, -0.25) is 4.79 Å². The first-order chi connectivity index (χ1) is 15.1. The van der Waals surface area contributed by atoms with Crippen molar-refractivity contribution in [2.45, 2.75) is 64.2 Å². The number of fused-ring (bicyclic) bond motifs is 1. The van der Waals surface area contributed by atoms with Crippen LogP contribution in [0.5, 0.6) is 5.75 Å². The molecule has 1 aromatic carbocycles. The SMILES string of the molecule is CCCC1CC(OCc2nc3cc(OCC4CCOCC4)cc(F)c3c(=O)[nH]2)CCN1. The van der Waals surface area contributed by atoms with Crippen LogP contribution in [0.15, 0.2) is 16.9 Å². The number of halogens is 1. The first-order valence-corrected chi connectivity index (χ1v) is 11.4. The standard InChI is InChI=1S/C23H32FN3O4/c1-2-3-16-10-17(4-7-25-16)31-14-21-26-20-12-18(11-19(24)22(20)23(28)27-21)30-13-15-5-8-29-9-6-15/h11-12,15-17,25H,2-10,13-14H2,1H3,(H,26,27,28). The number of nitrogens with zero attached hydrogens (tertiary/aromatic N) is 1. The van der Waals surface area contributed by atoms with Gasteiger partial charge in [0, 0.05) is 31.4 Å². The summed E-state index contributed by atoms with van der Waals surface area (Å²) in [6.07, 6.45) is 6.14. The smallest absolute Gasteiger partial charge is 0.261 e. The summed E-state index contributed by atoms with van der Waals surface area (Å²) in [5.41, 5.74) is -0.204. The van der Waals surface area contributed by atoms with Crippen LogP contribution in [0.1, 0.15) is 51.3 Å². The highest BCUT2D eigenvalue weighted by molar-refractivity contribution is 5.79. The number of hydrogen-bond acceptors (Lipinski definition) is 6. The molecule has 2 fully saturated rings. The van der Waals surface area contributed by atoms with Crippen molar-refractivity contribution in [3.63, 3.8) is 0 Å². The third-order valence-corrected chi connectivity index (χ3v) is 6.15. The molecule has 0 amide bonds. The molecule has 2 atom stereocenters. The molecule has 4 rings (SSSR count). The molecule has 2 N–H and O–H groups in total. The second kappa shape index (κ2) is 10.5. The Morgan fingerprint density at radius 2 is 2.10 bits per heavy atom. The summed E-state index contributed by atoms with van der Waals surface area (Å²) in [6, 6.07) is 3.37. The first-order valence-electron chi connectivity index (χ1n) is 11.4. The predicted molar refractivity (Wildman–Crippen MR) is 116 cm³/mol. The Labute approximate surface area is 181 Å². The van der Waals surface area contributed by atoms with Gasteiger partial charge in [0.05, 0.1) is 18.2 Å². The molecule has 170 valence electrons. The molecule has 7 nitrogen and oxygen atoms in total. The third-order valence-electron chi connectivity index (χ3n) is 6.15. The van der Waals surface area contributed by atoms with Gasteiger partial charge in [0.2, 0.25) is 0 Å². The quantitative estimate of drug-likeness (QED) is 0.664. The van der Waals surface area contributed by atoms with Crippen molar-refractivity contribution in [1.29, 1.82) is 0 Å². The maximum Gasteiger partial charge on any atom is 0.261 e.